The van der Waals surface area contributed by atoms with Gasteiger partial charge in [0.15, 0.2) is 0 Å². The summed E-state index contributed by atoms with van der Waals surface area (Å²) in [6.45, 7) is 6.50. The molecule has 104 valence electrons. The van der Waals surface area contributed by atoms with Gasteiger partial charge in [-0.2, -0.15) is 0 Å². The van der Waals surface area contributed by atoms with Gasteiger partial charge in [-0.15, -0.1) is 11.8 Å². The number of carbonyl (C=O) groups excluding carboxylic acids is 1. The highest BCUT2D eigenvalue weighted by Crippen LogP contribution is 2.33. The topological polar surface area (TPSA) is 29.5 Å². The Bertz CT molecular complexity index is 428. The van der Waals surface area contributed by atoms with Crippen LogP contribution < -0.4 is 0 Å². The second-order valence-corrected chi connectivity index (χ2v) is 6.95. The minimum atomic E-state index is -0.429. The Morgan fingerprint density at radius 1 is 1.32 bits per heavy atom. The van der Waals surface area contributed by atoms with E-state index < -0.39 is 5.60 Å². The molecule has 1 aromatic carbocycles. The molecule has 2 rings (SSSR count). The van der Waals surface area contributed by atoms with Crippen molar-refractivity contribution in [1.82, 2.24) is 4.90 Å². The fraction of sp³-hybridized carbons (Fsp3) is 0.533. The molecule has 1 amide bonds. The number of benzene rings is 1. The van der Waals surface area contributed by atoms with Crippen molar-refractivity contribution in [2.24, 2.45) is 0 Å². The number of hydrogen-bond acceptors (Lipinski definition) is 3. The van der Waals surface area contributed by atoms with Gasteiger partial charge in [0.05, 0.1) is 5.37 Å². The third-order valence-corrected chi connectivity index (χ3v) is 4.15. The van der Waals surface area contributed by atoms with Gasteiger partial charge in [0.2, 0.25) is 0 Å². The first-order chi connectivity index (χ1) is 8.96. The smallest absolute Gasteiger partial charge is 0.411 e. The zero-order valence-corrected chi connectivity index (χ0v) is 12.6. The molecule has 19 heavy (non-hydrogen) atoms. The summed E-state index contributed by atoms with van der Waals surface area (Å²) in [6, 6.07) is 10.2. The number of likely N-dealkylation sites (tertiary alicyclic amines) is 1. The lowest BCUT2D eigenvalue weighted by Gasteiger charge is -2.28. The molecule has 3 nitrogen and oxygen atoms in total. The van der Waals surface area contributed by atoms with Gasteiger partial charge >= 0.3 is 6.09 Å². The highest BCUT2D eigenvalue weighted by molar-refractivity contribution is 7.99. The quantitative estimate of drug-likeness (QED) is 0.815. The summed E-state index contributed by atoms with van der Waals surface area (Å²) in [6.07, 6.45) is 1.88. The number of ether oxygens (including phenoxy) is 1. The number of thioether (sulfide) groups is 1. The van der Waals surface area contributed by atoms with E-state index in [1.165, 1.54) is 4.90 Å². The van der Waals surface area contributed by atoms with E-state index in [1.54, 1.807) is 11.8 Å². The molecule has 1 aliphatic rings. The van der Waals surface area contributed by atoms with Crippen molar-refractivity contribution >= 4 is 17.9 Å². The van der Waals surface area contributed by atoms with E-state index in [0.29, 0.717) is 0 Å². The van der Waals surface area contributed by atoms with E-state index in [2.05, 4.69) is 12.1 Å². The Morgan fingerprint density at radius 3 is 2.63 bits per heavy atom. The van der Waals surface area contributed by atoms with Crippen LogP contribution in [0.2, 0.25) is 0 Å². The predicted molar refractivity (Wildman–Crippen MR) is 78.3 cm³/mol. The second-order valence-electron chi connectivity index (χ2n) is 5.70. The molecule has 0 N–H and O–H groups in total. The van der Waals surface area contributed by atoms with Crippen molar-refractivity contribution in [2.75, 3.05) is 6.54 Å². The van der Waals surface area contributed by atoms with Crippen LogP contribution in [0.3, 0.4) is 0 Å². The largest absolute Gasteiger partial charge is 0.444 e. The first-order valence-corrected chi connectivity index (χ1v) is 7.55. The third kappa shape index (κ3) is 4.16. The normalized spacial score (nSPS) is 19.5. The Hall–Kier alpha value is -1.16. The van der Waals surface area contributed by atoms with Gasteiger partial charge in [-0.1, -0.05) is 18.2 Å². The van der Waals surface area contributed by atoms with E-state index >= 15 is 0 Å². The number of nitrogens with zero attached hydrogens (tertiary/aromatic N) is 1. The molecule has 4 heteroatoms. The average molecular weight is 279 g/mol. The third-order valence-electron chi connectivity index (χ3n) is 2.84. The van der Waals surface area contributed by atoms with Crippen LogP contribution in [-0.4, -0.2) is 28.5 Å². The summed E-state index contributed by atoms with van der Waals surface area (Å²) in [5.74, 6) is 0. The van der Waals surface area contributed by atoms with Crippen molar-refractivity contribution < 1.29 is 9.53 Å². The minimum absolute atomic E-state index is 0.192. The van der Waals surface area contributed by atoms with E-state index in [1.807, 2.05) is 43.9 Å². The van der Waals surface area contributed by atoms with Gasteiger partial charge in [-0.05, 0) is 45.7 Å². The number of hydrogen-bond donors (Lipinski definition) is 0. The molecule has 0 aromatic heterocycles. The van der Waals surface area contributed by atoms with Gasteiger partial charge in [-0.3, -0.25) is 4.90 Å². The van der Waals surface area contributed by atoms with Crippen LogP contribution in [0.4, 0.5) is 4.79 Å². The van der Waals surface area contributed by atoms with Crippen molar-refractivity contribution in [2.45, 2.75) is 49.5 Å². The molecular formula is C15H21NO2S. The SMILES string of the molecule is CC(C)(C)OC(=O)N1CCCC1Sc1ccccc1. The summed E-state index contributed by atoms with van der Waals surface area (Å²) in [5.41, 5.74) is -0.429. The molecule has 1 fully saturated rings. The summed E-state index contributed by atoms with van der Waals surface area (Å²) in [4.78, 5) is 15.2. The summed E-state index contributed by atoms with van der Waals surface area (Å²) in [7, 11) is 0. The molecule has 0 bridgehead atoms. The van der Waals surface area contributed by atoms with Crippen LogP contribution in [0.25, 0.3) is 0 Å². The lowest BCUT2D eigenvalue weighted by atomic mass is 10.2. The van der Waals surface area contributed by atoms with E-state index in [4.69, 9.17) is 4.74 Å². The van der Waals surface area contributed by atoms with Crippen molar-refractivity contribution in [1.29, 1.82) is 0 Å². The Morgan fingerprint density at radius 2 is 2.00 bits per heavy atom. The molecule has 0 spiro atoms. The van der Waals surface area contributed by atoms with Gasteiger partial charge < -0.3 is 4.74 Å². The molecule has 1 aromatic rings. The maximum Gasteiger partial charge on any atom is 0.411 e. The van der Waals surface area contributed by atoms with Crippen molar-refractivity contribution in [3.63, 3.8) is 0 Å². The number of amides is 1. The van der Waals surface area contributed by atoms with Crippen LogP contribution in [0.1, 0.15) is 33.6 Å². The molecule has 1 unspecified atom stereocenters. The summed E-state index contributed by atoms with van der Waals surface area (Å²) in [5, 5.41) is 0.192. The Labute approximate surface area is 119 Å². The minimum Gasteiger partial charge on any atom is -0.444 e. The first-order valence-electron chi connectivity index (χ1n) is 6.67. The van der Waals surface area contributed by atoms with Gasteiger partial charge in [0, 0.05) is 11.4 Å². The van der Waals surface area contributed by atoms with Crippen LogP contribution >= 0.6 is 11.8 Å². The zero-order valence-electron chi connectivity index (χ0n) is 11.8. The maximum absolute atomic E-state index is 12.2. The molecule has 0 radical (unpaired) electrons. The molecular weight excluding hydrogens is 258 g/mol. The van der Waals surface area contributed by atoms with Crippen LogP contribution in [0.5, 0.6) is 0 Å². The monoisotopic (exact) mass is 279 g/mol. The standard InChI is InChI=1S/C15H21NO2S/c1-15(2,3)18-14(17)16-11-7-10-13(16)19-12-8-5-4-6-9-12/h4-6,8-9,13H,7,10-11H2,1-3H3. The highest BCUT2D eigenvalue weighted by Gasteiger charge is 2.32. The average Bonchev–Trinajstić information content (AvgIpc) is 2.76. The summed E-state index contributed by atoms with van der Waals surface area (Å²) < 4.78 is 5.46. The van der Waals surface area contributed by atoms with Gasteiger partial charge in [0.25, 0.3) is 0 Å². The Balaban J connectivity index is 1.99. The van der Waals surface area contributed by atoms with Crippen molar-refractivity contribution in [3.8, 4) is 0 Å². The number of carbonyl (C=O) groups is 1. The second kappa shape index (κ2) is 5.87. The molecule has 0 aliphatic carbocycles. The van der Waals surface area contributed by atoms with Gasteiger partial charge in [-0.25, -0.2) is 4.79 Å². The number of rotatable bonds is 2. The zero-order chi connectivity index (χ0) is 13.9. The molecule has 1 heterocycles. The maximum atomic E-state index is 12.2. The van der Waals surface area contributed by atoms with E-state index in [9.17, 15) is 4.79 Å². The molecule has 1 saturated heterocycles. The fourth-order valence-corrected chi connectivity index (χ4v) is 3.28. The Kier molecular flexibility index (Phi) is 4.40. The van der Waals surface area contributed by atoms with Gasteiger partial charge in [0.1, 0.15) is 5.60 Å². The molecule has 0 saturated carbocycles. The van der Waals surface area contributed by atoms with Crippen LogP contribution in [0, 0.1) is 0 Å². The lowest BCUT2D eigenvalue weighted by molar-refractivity contribution is 0.0277. The highest BCUT2D eigenvalue weighted by atomic mass is 32.2. The fourth-order valence-electron chi connectivity index (χ4n) is 2.04. The molecule has 1 atom stereocenters. The molecule has 1 aliphatic heterocycles. The van der Waals surface area contributed by atoms with E-state index in [-0.39, 0.29) is 11.5 Å². The van der Waals surface area contributed by atoms with Crippen molar-refractivity contribution in [3.05, 3.63) is 30.3 Å². The first kappa shape index (κ1) is 14.3. The predicted octanol–water partition coefficient (Wildman–Crippen LogP) is 4.14. The van der Waals surface area contributed by atoms with Crippen LogP contribution in [0.15, 0.2) is 35.2 Å². The van der Waals surface area contributed by atoms with Crippen LogP contribution in [-0.2, 0) is 4.74 Å². The lowest BCUT2D eigenvalue weighted by Crippen LogP contribution is -2.38. The summed E-state index contributed by atoms with van der Waals surface area (Å²) >= 11 is 1.74. The van der Waals surface area contributed by atoms with E-state index in [0.717, 1.165) is 19.4 Å².